The number of morpholine rings is 1. The van der Waals surface area contributed by atoms with Crippen LogP contribution in [0.25, 0.3) is 5.69 Å². The van der Waals surface area contributed by atoms with E-state index in [1.165, 1.54) is 0 Å². The van der Waals surface area contributed by atoms with Crippen molar-refractivity contribution in [1.82, 2.24) is 9.47 Å². The number of hydrogen-bond donors (Lipinski definition) is 0. The maximum atomic E-state index is 13.2. The number of carbonyl (C=O) groups is 1. The fourth-order valence-electron chi connectivity index (χ4n) is 3.51. The maximum absolute atomic E-state index is 13.2. The number of aromatic nitrogens is 1. The van der Waals surface area contributed by atoms with Gasteiger partial charge in [-0.15, -0.1) is 0 Å². The predicted octanol–water partition coefficient (Wildman–Crippen LogP) is 3.22. The quantitative estimate of drug-likeness (QED) is 0.845. The second-order valence-corrected chi connectivity index (χ2v) is 6.82. The Hall–Kier alpha value is -2.58. The van der Waals surface area contributed by atoms with E-state index in [1.807, 2.05) is 44.4 Å². The Morgan fingerprint density at radius 2 is 1.88 bits per heavy atom. The third-order valence-corrected chi connectivity index (χ3v) is 4.53. The lowest BCUT2D eigenvalue weighted by Gasteiger charge is -2.35. The molecule has 0 radical (unpaired) electrons. The van der Waals surface area contributed by atoms with Gasteiger partial charge in [0.15, 0.2) is 0 Å². The molecule has 2 atom stereocenters. The van der Waals surface area contributed by atoms with Crippen LogP contribution in [-0.4, -0.2) is 40.7 Å². The molecule has 0 unspecified atom stereocenters. The van der Waals surface area contributed by atoms with Crippen molar-refractivity contribution in [3.8, 4) is 11.8 Å². The lowest BCUT2D eigenvalue weighted by Crippen LogP contribution is -2.48. The monoisotopic (exact) mass is 337 g/mol. The summed E-state index contributed by atoms with van der Waals surface area (Å²) < 4.78 is 7.56. The van der Waals surface area contributed by atoms with Gasteiger partial charge in [-0.25, -0.2) is 0 Å². The highest BCUT2D eigenvalue weighted by atomic mass is 16.5. The molecule has 1 aliphatic heterocycles. The highest BCUT2D eigenvalue weighted by Gasteiger charge is 2.30. The molecule has 2 aromatic rings. The minimum atomic E-state index is -0.122. The molecule has 0 N–H and O–H groups in total. The number of rotatable bonds is 2. The van der Waals surface area contributed by atoms with Gasteiger partial charge in [0.25, 0.3) is 5.91 Å². The second-order valence-electron chi connectivity index (χ2n) is 6.82. The smallest absolute Gasteiger partial charge is 0.272 e. The number of nitriles is 1. The zero-order valence-corrected chi connectivity index (χ0v) is 15.1. The van der Waals surface area contributed by atoms with E-state index in [2.05, 4.69) is 12.1 Å². The van der Waals surface area contributed by atoms with Gasteiger partial charge in [-0.2, -0.15) is 5.26 Å². The van der Waals surface area contributed by atoms with Gasteiger partial charge in [0.1, 0.15) is 11.8 Å². The maximum Gasteiger partial charge on any atom is 0.272 e. The summed E-state index contributed by atoms with van der Waals surface area (Å²) in [6.07, 6.45) is 1.78. The third kappa shape index (κ3) is 3.31. The van der Waals surface area contributed by atoms with Crippen molar-refractivity contribution >= 4 is 5.91 Å². The summed E-state index contributed by atoms with van der Waals surface area (Å²) in [6, 6.07) is 9.95. The van der Waals surface area contributed by atoms with Crippen molar-refractivity contribution in [2.75, 3.05) is 13.1 Å². The molecule has 0 saturated carbocycles. The van der Waals surface area contributed by atoms with Crippen molar-refractivity contribution < 1.29 is 9.53 Å². The van der Waals surface area contributed by atoms with Crippen molar-refractivity contribution in [3.05, 3.63) is 52.8 Å². The SMILES string of the molecule is Cc1ccc(-n2ccc(C#N)c2C(=O)N2C[C@H](C)O[C@@H](C)C2)c(C)c1. The van der Waals surface area contributed by atoms with E-state index in [0.29, 0.717) is 24.3 Å². The molecule has 1 aromatic carbocycles. The second kappa shape index (κ2) is 6.73. The van der Waals surface area contributed by atoms with Crippen molar-refractivity contribution in [3.63, 3.8) is 0 Å². The number of nitrogens with zero attached hydrogens (tertiary/aromatic N) is 3. The Kier molecular flexibility index (Phi) is 4.65. The van der Waals surface area contributed by atoms with Gasteiger partial charge in [0.2, 0.25) is 0 Å². The van der Waals surface area contributed by atoms with Crippen LogP contribution in [0, 0.1) is 25.2 Å². The first-order valence-corrected chi connectivity index (χ1v) is 8.54. The number of ether oxygens (including phenoxy) is 1. The Morgan fingerprint density at radius 1 is 1.20 bits per heavy atom. The van der Waals surface area contributed by atoms with Crippen LogP contribution >= 0.6 is 0 Å². The molecule has 5 nitrogen and oxygen atoms in total. The number of aryl methyl sites for hydroxylation is 2. The molecule has 2 heterocycles. The molecule has 0 spiro atoms. The Balaban J connectivity index is 2.05. The normalized spacial score (nSPS) is 20.4. The molecule has 130 valence electrons. The van der Waals surface area contributed by atoms with Crippen LogP contribution in [0.4, 0.5) is 0 Å². The minimum absolute atomic E-state index is 0.0113. The first kappa shape index (κ1) is 17.2. The fourth-order valence-corrected chi connectivity index (χ4v) is 3.51. The van der Waals surface area contributed by atoms with Crippen molar-refractivity contribution in [2.45, 2.75) is 39.9 Å². The summed E-state index contributed by atoms with van der Waals surface area (Å²) in [4.78, 5) is 15.0. The minimum Gasteiger partial charge on any atom is -0.372 e. The van der Waals surface area contributed by atoms with Crippen LogP contribution in [-0.2, 0) is 4.74 Å². The zero-order chi connectivity index (χ0) is 18.1. The molecular weight excluding hydrogens is 314 g/mol. The molecular formula is C20H23N3O2. The number of carbonyl (C=O) groups excluding carboxylic acids is 1. The highest BCUT2D eigenvalue weighted by molar-refractivity contribution is 5.96. The van der Waals surface area contributed by atoms with Gasteiger partial charge in [-0.3, -0.25) is 4.79 Å². The molecule has 5 heteroatoms. The van der Waals surface area contributed by atoms with E-state index in [4.69, 9.17) is 4.74 Å². The molecule has 25 heavy (non-hydrogen) atoms. The van der Waals surface area contributed by atoms with Crippen LogP contribution in [0.2, 0.25) is 0 Å². The Labute approximate surface area is 148 Å². The van der Waals surface area contributed by atoms with Gasteiger partial charge < -0.3 is 14.2 Å². The number of amides is 1. The molecule has 3 rings (SSSR count). The molecule has 0 bridgehead atoms. The summed E-state index contributed by atoms with van der Waals surface area (Å²) in [5, 5.41) is 9.48. The molecule has 0 aliphatic carbocycles. The van der Waals surface area contributed by atoms with Gasteiger partial charge >= 0.3 is 0 Å². The van der Waals surface area contributed by atoms with E-state index in [0.717, 1.165) is 16.8 Å². The Bertz CT molecular complexity index is 837. The largest absolute Gasteiger partial charge is 0.372 e. The van der Waals surface area contributed by atoms with Gasteiger partial charge in [0, 0.05) is 25.0 Å². The highest BCUT2D eigenvalue weighted by Crippen LogP contribution is 2.24. The van der Waals surface area contributed by atoms with Crippen molar-refractivity contribution in [1.29, 1.82) is 5.26 Å². The Morgan fingerprint density at radius 3 is 2.48 bits per heavy atom. The molecule has 1 aliphatic rings. The number of hydrogen-bond acceptors (Lipinski definition) is 3. The molecule has 1 aromatic heterocycles. The summed E-state index contributed by atoms with van der Waals surface area (Å²) in [5.41, 5.74) is 3.98. The summed E-state index contributed by atoms with van der Waals surface area (Å²) in [6.45, 7) is 9.05. The average Bonchev–Trinajstić information content (AvgIpc) is 2.96. The average molecular weight is 337 g/mol. The standard InChI is InChI=1S/C20H23N3O2/c1-13-5-6-18(14(2)9-13)23-8-7-17(10-21)19(23)20(24)22-11-15(3)25-16(4)12-22/h5-9,15-16H,11-12H2,1-4H3/t15-,16-/m0/s1. The van der Waals surface area contributed by atoms with Gasteiger partial charge in [-0.1, -0.05) is 17.7 Å². The number of benzene rings is 1. The third-order valence-electron chi connectivity index (χ3n) is 4.53. The summed E-state index contributed by atoms with van der Waals surface area (Å²) in [7, 11) is 0. The van der Waals surface area contributed by atoms with Crippen molar-refractivity contribution in [2.24, 2.45) is 0 Å². The van der Waals surface area contributed by atoms with E-state index < -0.39 is 0 Å². The van der Waals surface area contributed by atoms with Crippen LogP contribution in [0.15, 0.2) is 30.5 Å². The lowest BCUT2D eigenvalue weighted by molar-refractivity contribution is -0.0588. The van der Waals surface area contributed by atoms with Crippen LogP contribution in [0.5, 0.6) is 0 Å². The lowest BCUT2D eigenvalue weighted by atomic mass is 10.1. The summed E-state index contributed by atoms with van der Waals surface area (Å²) in [5.74, 6) is -0.122. The molecule has 1 amide bonds. The predicted molar refractivity (Wildman–Crippen MR) is 95.9 cm³/mol. The van der Waals surface area contributed by atoms with Gasteiger partial charge in [0.05, 0.1) is 17.8 Å². The molecule has 1 fully saturated rings. The molecule has 1 saturated heterocycles. The van der Waals surface area contributed by atoms with Gasteiger partial charge in [-0.05, 0) is 45.4 Å². The first-order valence-electron chi connectivity index (χ1n) is 8.54. The first-order chi connectivity index (χ1) is 11.9. The van der Waals surface area contributed by atoms with E-state index >= 15 is 0 Å². The fraction of sp³-hybridized carbons (Fsp3) is 0.400. The zero-order valence-electron chi connectivity index (χ0n) is 15.1. The van der Waals surface area contributed by atoms with Crippen LogP contribution in [0.3, 0.4) is 0 Å². The summed E-state index contributed by atoms with van der Waals surface area (Å²) >= 11 is 0. The van der Waals surface area contributed by atoms with E-state index in [1.54, 1.807) is 17.2 Å². The van der Waals surface area contributed by atoms with E-state index in [9.17, 15) is 10.1 Å². The van der Waals surface area contributed by atoms with Crippen LogP contribution in [0.1, 0.15) is 41.0 Å². The topological polar surface area (TPSA) is 58.3 Å². The van der Waals surface area contributed by atoms with Crippen LogP contribution < -0.4 is 0 Å². The van der Waals surface area contributed by atoms with E-state index in [-0.39, 0.29) is 18.1 Å².